The maximum Gasteiger partial charge on any atom is 0.225 e. The summed E-state index contributed by atoms with van der Waals surface area (Å²) in [6.45, 7) is 1.94. The summed E-state index contributed by atoms with van der Waals surface area (Å²) in [6.07, 6.45) is 2.93. The van der Waals surface area contributed by atoms with Gasteiger partial charge < -0.3 is 9.72 Å². The standard InChI is InChI=1S/C12H11N3O2/c1-3-10-7(4-13)8-5-14-12(17-2)9(6-16)11(8)15-10/h5-6,15H,3H2,1-2H3. The molecule has 86 valence electrons. The maximum atomic E-state index is 11.1. The van der Waals surface area contributed by atoms with Crippen molar-refractivity contribution >= 4 is 17.2 Å². The number of nitriles is 1. The van der Waals surface area contributed by atoms with Gasteiger partial charge in [-0.1, -0.05) is 6.92 Å². The van der Waals surface area contributed by atoms with Gasteiger partial charge in [0.05, 0.1) is 18.2 Å². The number of aldehydes is 1. The summed E-state index contributed by atoms with van der Waals surface area (Å²) in [5.74, 6) is 0.265. The molecule has 0 atom stereocenters. The predicted octanol–water partition coefficient (Wildman–Crippen LogP) is 1.82. The van der Waals surface area contributed by atoms with Gasteiger partial charge in [0.2, 0.25) is 5.88 Å². The molecule has 0 aromatic carbocycles. The first-order valence-electron chi connectivity index (χ1n) is 5.19. The Morgan fingerprint density at radius 3 is 2.94 bits per heavy atom. The first-order valence-corrected chi connectivity index (χ1v) is 5.19. The van der Waals surface area contributed by atoms with Crippen molar-refractivity contribution in [1.29, 1.82) is 5.26 Å². The van der Waals surface area contributed by atoms with E-state index in [1.165, 1.54) is 7.11 Å². The molecule has 2 heterocycles. The Bertz CT molecular complexity index is 623. The normalized spacial score (nSPS) is 10.2. The third-order valence-corrected chi connectivity index (χ3v) is 2.70. The molecule has 0 bridgehead atoms. The van der Waals surface area contributed by atoms with Gasteiger partial charge in [-0.05, 0) is 6.42 Å². The van der Waals surface area contributed by atoms with Crippen LogP contribution in [0, 0.1) is 11.3 Å². The second-order valence-corrected chi connectivity index (χ2v) is 3.53. The Labute approximate surface area is 98.0 Å². The quantitative estimate of drug-likeness (QED) is 0.814. The fourth-order valence-corrected chi connectivity index (χ4v) is 1.87. The minimum absolute atomic E-state index is 0.265. The van der Waals surface area contributed by atoms with E-state index < -0.39 is 0 Å². The van der Waals surface area contributed by atoms with Gasteiger partial charge in [-0.25, -0.2) is 4.98 Å². The van der Waals surface area contributed by atoms with E-state index in [1.54, 1.807) is 6.20 Å². The molecule has 2 aromatic heterocycles. The molecule has 0 amide bonds. The van der Waals surface area contributed by atoms with E-state index in [0.29, 0.717) is 34.7 Å². The number of methoxy groups -OCH3 is 1. The smallest absolute Gasteiger partial charge is 0.225 e. The van der Waals surface area contributed by atoms with E-state index >= 15 is 0 Å². The van der Waals surface area contributed by atoms with Gasteiger partial charge in [-0.15, -0.1) is 0 Å². The molecular formula is C12H11N3O2. The zero-order chi connectivity index (χ0) is 12.4. The first kappa shape index (κ1) is 11.1. The number of carbonyl (C=O) groups is 1. The minimum Gasteiger partial charge on any atom is -0.480 e. The van der Waals surface area contributed by atoms with Crippen molar-refractivity contribution in [1.82, 2.24) is 9.97 Å². The molecule has 17 heavy (non-hydrogen) atoms. The Morgan fingerprint density at radius 1 is 1.65 bits per heavy atom. The van der Waals surface area contributed by atoms with Crippen LogP contribution in [0.5, 0.6) is 5.88 Å². The summed E-state index contributed by atoms with van der Waals surface area (Å²) in [5, 5.41) is 9.77. The van der Waals surface area contributed by atoms with Gasteiger partial charge >= 0.3 is 0 Å². The van der Waals surface area contributed by atoms with Crippen molar-refractivity contribution in [3.8, 4) is 11.9 Å². The summed E-state index contributed by atoms with van der Waals surface area (Å²) >= 11 is 0. The zero-order valence-electron chi connectivity index (χ0n) is 9.57. The molecule has 0 aliphatic rings. The molecule has 0 spiro atoms. The lowest BCUT2D eigenvalue weighted by Crippen LogP contribution is -1.94. The van der Waals surface area contributed by atoms with Gasteiger partial charge in [0.25, 0.3) is 0 Å². The summed E-state index contributed by atoms with van der Waals surface area (Å²) in [7, 11) is 1.45. The Balaban J connectivity index is 2.88. The Kier molecular flexibility index (Phi) is 2.79. The fraction of sp³-hybridized carbons (Fsp3) is 0.250. The van der Waals surface area contributed by atoms with Crippen LogP contribution in [0.25, 0.3) is 10.9 Å². The number of nitrogens with zero attached hydrogens (tertiary/aromatic N) is 2. The summed E-state index contributed by atoms with van der Waals surface area (Å²) in [5.41, 5.74) is 2.31. The van der Waals surface area contributed by atoms with Crippen LogP contribution < -0.4 is 4.74 Å². The molecule has 2 rings (SSSR count). The molecule has 0 saturated heterocycles. The van der Waals surface area contributed by atoms with Crippen molar-refractivity contribution < 1.29 is 9.53 Å². The SMILES string of the molecule is CCc1[nH]c2c(C=O)c(OC)ncc2c1C#N. The van der Waals surface area contributed by atoms with E-state index in [2.05, 4.69) is 16.0 Å². The number of aromatic amines is 1. The Morgan fingerprint density at radius 2 is 2.41 bits per heavy atom. The van der Waals surface area contributed by atoms with Crippen LogP contribution in [-0.4, -0.2) is 23.4 Å². The molecule has 5 heteroatoms. The summed E-state index contributed by atoms with van der Waals surface area (Å²) < 4.78 is 5.02. The van der Waals surface area contributed by atoms with Crippen LogP contribution >= 0.6 is 0 Å². The second-order valence-electron chi connectivity index (χ2n) is 3.53. The summed E-state index contributed by atoms with van der Waals surface area (Å²) in [6, 6.07) is 2.13. The lowest BCUT2D eigenvalue weighted by molar-refractivity contribution is 0.112. The highest BCUT2D eigenvalue weighted by Crippen LogP contribution is 2.28. The molecule has 0 aliphatic heterocycles. The number of aryl methyl sites for hydroxylation is 1. The van der Waals surface area contributed by atoms with Crippen LogP contribution in [0.15, 0.2) is 6.20 Å². The average Bonchev–Trinajstić information content (AvgIpc) is 2.74. The lowest BCUT2D eigenvalue weighted by atomic mass is 10.1. The number of pyridine rings is 1. The highest BCUT2D eigenvalue weighted by molar-refractivity contribution is 6.00. The lowest BCUT2D eigenvalue weighted by Gasteiger charge is -2.02. The number of aromatic nitrogens is 2. The Hall–Kier alpha value is -2.35. The van der Waals surface area contributed by atoms with Crippen molar-refractivity contribution in [3.05, 3.63) is 23.0 Å². The number of H-pyrrole nitrogens is 1. The number of carbonyl (C=O) groups excluding carboxylic acids is 1. The van der Waals surface area contributed by atoms with Crippen molar-refractivity contribution in [2.75, 3.05) is 7.11 Å². The zero-order valence-corrected chi connectivity index (χ0v) is 9.57. The first-order chi connectivity index (χ1) is 8.26. The van der Waals surface area contributed by atoms with E-state index in [4.69, 9.17) is 10.00 Å². The highest BCUT2D eigenvalue weighted by Gasteiger charge is 2.16. The van der Waals surface area contributed by atoms with Gasteiger partial charge in [0.1, 0.15) is 11.6 Å². The van der Waals surface area contributed by atoms with E-state index in [9.17, 15) is 4.79 Å². The summed E-state index contributed by atoms with van der Waals surface area (Å²) in [4.78, 5) is 18.2. The van der Waals surface area contributed by atoms with Crippen LogP contribution in [0.4, 0.5) is 0 Å². The van der Waals surface area contributed by atoms with Crippen LogP contribution in [0.3, 0.4) is 0 Å². The second kappa shape index (κ2) is 4.26. The van der Waals surface area contributed by atoms with Crippen molar-refractivity contribution in [3.63, 3.8) is 0 Å². The van der Waals surface area contributed by atoms with Gasteiger partial charge in [0, 0.05) is 17.3 Å². The number of hydrogen-bond acceptors (Lipinski definition) is 4. The van der Waals surface area contributed by atoms with Gasteiger partial charge in [-0.2, -0.15) is 5.26 Å². The van der Waals surface area contributed by atoms with Crippen molar-refractivity contribution in [2.45, 2.75) is 13.3 Å². The number of fused-ring (bicyclic) bond motifs is 1. The average molecular weight is 229 g/mol. The van der Waals surface area contributed by atoms with E-state index in [0.717, 1.165) is 5.69 Å². The van der Waals surface area contributed by atoms with Gasteiger partial charge in [-0.3, -0.25) is 4.79 Å². The number of rotatable bonds is 3. The molecule has 0 fully saturated rings. The van der Waals surface area contributed by atoms with Gasteiger partial charge in [0.15, 0.2) is 6.29 Å². The number of nitrogens with one attached hydrogen (secondary N) is 1. The molecule has 1 N–H and O–H groups in total. The molecular weight excluding hydrogens is 218 g/mol. The van der Waals surface area contributed by atoms with Crippen LogP contribution in [0.1, 0.15) is 28.5 Å². The molecule has 0 unspecified atom stereocenters. The fourth-order valence-electron chi connectivity index (χ4n) is 1.87. The molecule has 2 aromatic rings. The number of hydrogen-bond donors (Lipinski definition) is 1. The predicted molar refractivity (Wildman–Crippen MR) is 62.1 cm³/mol. The third-order valence-electron chi connectivity index (χ3n) is 2.70. The van der Waals surface area contributed by atoms with Crippen LogP contribution in [-0.2, 0) is 6.42 Å². The topological polar surface area (TPSA) is 78.8 Å². The number of ether oxygens (including phenoxy) is 1. The largest absolute Gasteiger partial charge is 0.480 e. The maximum absolute atomic E-state index is 11.1. The van der Waals surface area contributed by atoms with Crippen molar-refractivity contribution in [2.24, 2.45) is 0 Å². The van der Waals surface area contributed by atoms with E-state index in [1.807, 2.05) is 6.92 Å². The molecule has 0 saturated carbocycles. The highest BCUT2D eigenvalue weighted by atomic mass is 16.5. The minimum atomic E-state index is 0.265. The monoisotopic (exact) mass is 229 g/mol. The molecule has 0 radical (unpaired) electrons. The third kappa shape index (κ3) is 1.54. The molecule has 0 aliphatic carbocycles. The van der Waals surface area contributed by atoms with Crippen LogP contribution in [0.2, 0.25) is 0 Å². The molecule has 5 nitrogen and oxygen atoms in total. The van der Waals surface area contributed by atoms with E-state index in [-0.39, 0.29) is 5.88 Å².